The van der Waals surface area contributed by atoms with E-state index in [0.29, 0.717) is 12.5 Å². The molecule has 130 valence electrons. The van der Waals surface area contributed by atoms with E-state index < -0.39 is 0 Å². The van der Waals surface area contributed by atoms with Gasteiger partial charge in [0.25, 0.3) is 0 Å². The second-order valence-electron chi connectivity index (χ2n) is 5.64. The zero-order valence-corrected chi connectivity index (χ0v) is 14.5. The van der Waals surface area contributed by atoms with E-state index in [1.54, 1.807) is 7.11 Å². The van der Waals surface area contributed by atoms with Crippen molar-refractivity contribution in [1.82, 2.24) is 15.1 Å². The van der Waals surface area contributed by atoms with Gasteiger partial charge in [-0.3, -0.25) is 0 Å². The van der Waals surface area contributed by atoms with Crippen molar-refractivity contribution in [2.45, 2.75) is 39.2 Å². The molecule has 1 heterocycles. The first-order valence-corrected chi connectivity index (χ1v) is 8.45. The summed E-state index contributed by atoms with van der Waals surface area (Å²) in [6, 6.07) is 9.70. The van der Waals surface area contributed by atoms with Crippen LogP contribution in [0, 0.1) is 0 Å². The number of nitrogens with one attached hydrogen (secondary N) is 1. The largest absolute Gasteiger partial charge is 0.497 e. The Morgan fingerprint density at radius 3 is 2.71 bits per heavy atom. The van der Waals surface area contributed by atoms with Crippen molar-refractivity contribution in [1.29, 1.82) is 0 Å². The van der Waals surface area contributed by atoms with Crippen molar-refractivity contribution in [2.24, 2.45) is 10.7 Å². The molecule has 0 aliphatic carbocycles. The first-order valence-electron chi connectivity index (χ1n) is 8.45. The third kappa shape index (κ3) is 5.61. The zero-order valence-electron chi connectivity index (χ0n) is 14.5. The van der Waals surface area contributed by atoms with E-state index in [9.17, 15) is 0 Å². The van der Waals surface area contributed by atoms with Crippen LogP contribution in [0.15, 0.2) is 41.5 Å². The quantitative estimate of drug-likeness (QED) is 0.421. The van der Waals surface area contributed by atoms with E-state index in [4.69, 9.17) is 10.5 Å². The van der Waals surface area contributed by atoms with Crippen LogP contribution in [-0.4, -0.2) is 29.4 Å². The minimum Gasteiger partial charge on any atom is -0.497 e. The second kappa shape index (κ2) is 9.60. The van der Waals surface area contributed by atoms with Gasteiger partial charge in [-0.25, -0.2) is 9.67 Å². The second-order valence-corrected chi connectivity index (χ2v) is 5.64. The molecule has 6 heteroatoms. The summed E-state index contributed by atoms with van der Waals surface area (Å²) in [5.41, 5.74) is 7.73. The van der Waals surface area contributed by atoms with Crippen LogP contribution in [0.4, 0.5) is 0 Å². The van der Waals surface area contributed by atoms with Crippen LogP contribution in [-0.2, 0) is 6.54 Å². The van der Waals surface area contributed by atoms with E-state index >= 15 is 0 Å². The number of methoxy groups -OCH3 is 1. The van der Waals surface area contributed by atoms with Crippen molar-refractivity contribution in [2.75, 3.05) is 13.7 Å². The summed E-state index contributed by atoms with van der Waals surface area (Å²) in [5.74, 6) is 1.30. The molecule has 0 radical (unpaired) electrons. The van der Waals surface area contributed by atoms with Crippen LogP contribution in [0.1, 0.15) is 38.3 Å². The Bertz CT molecular complexity index is 633. The number of guanidine groups is 1. The highest BCUT2D eigenvalue weighted by Gasteiger charge is 2.02. The molecule has 0 aliphatic heterocycles. The standard InChI is InChI=1S/C18H27N5O/c1-3-4-5-6-12-20-18(19)21-14-15-11-13-23(22-15)16-7-9-17(24-2)10-8-16/h7-11,13H,3-6,12,14H2,1-2H3,(H3,19,20,21). The lowest BCUT2D eigenvalue weighted by Crippen LogP contribution is -2.32. The van der Waals surface area contributed by atoms with E-state index in [2.05, 4.69) is 22.3 Å². The molecule has 1 aromatic heterocycles. The molecule has 2 rings (SSSR count). The molecule has 0 unspecified atom stereocenters. The first kappa shape index (κ1) is 17.8. The number of hydrogen-bond acceptors (Lipinski definition) is 3. The number of hydrogen-bond donors (Lipinski definition) is 2. The van der Waals surface area contributed by atoms with Gasteiger partial charge >= 0.3 is 0 Å². The molecule has 2 aromatic rings. The minimum absolute atomic E-state index is 0.469. The maximum Gasteiger partial charge on any atom is 0.188 e. The van der Waals surface area contributed by atoms with Crippen molar-refractivity contribution in [3.63, 3.8) is 0 Å². The number of benzene rings is 1. The molecule has 0 saturated carbocycles. The first-order chi connectivity index (χ1) is 11.7. The maximum absolute atomic E-state index is 5.88. The van der Waals surface area contributed by atoms with Crippen LogP contribution in [0.3, 0.4) is 0 Å². The Morgan fingerprint density at radius 2 is 2.00 bits per heavy atom. The minimum atomic E-state index is 0.469. The fourth-order valence-corrected chi connectivity index (χ4v) is 2.32. The van der Waals surface area contributed by atoms with Gasteiger partial charge in [0, 0.05) is 12.7 Å². The van der Waals surface area contributed by atoms with Crippen LogP contribution in [0.25, 0.3) is 5.69 Å². The maximum atomic E-state index is 5.88. The van der Waals surface area contributed by atoms with Crippen LogP contribution in [0.2, 0.25) is 0 Å². The molecular formula is C18H27N5O. The lowest BCUT2D eigenvalue weighted by Gasteiger charge is -2.05. The molecule has 0 aliphatic rings. The normalized spacial score (nSPS) is 11.5. The van der Waals surface area contributed by atoms with E-state index in [1.165, 1.54) is 19.3 Å². The Labute approximate surface area is 143 Å². The summed E-state index contributed by atoms with van der Waals surface area (Å²) in [6.07, 6.45) is 6.77. The van der Waals surface area contributed by atoms with E-state index in [1.807, 2.05) is 41.2 Å². The molecule has 0 fully saturated rings. The zero-order chi connectivity index (χ0) is 17.2. The number of nitrogens with zero attached hydrogens (tertiary/aromatic N) is 3. The number of rotatable bonds is 9. The highest BCUT2D eigenvalue weighted by atomic mass is 16.5. The number of nitrogens with two attached hydrogens (primary N) is 1. The van der Waals surface area contributed by atoms with E-state index in [-0.39, 0.29) is 0 Å². The fraction of sp³-hybridized carbons (Fsp3) is 0.444. The third-order valence-corrected chi connectivity index (χ3v) is 3.73. The highest BCUT2D eigenvalue weighted by Crippen LogP contribution is 2.14. The summed E-state index contributed by atoms with van der Waals surface area (Å²) in [7, 11) is 1.65. The number of ether oxygens (including phenoxy) is 1. The molecule has 0 bridgehead atoms. The Morgan fingerprint density at radius 1 is 1.21 bits per heavy atom. The van der Waals surface area contributed by atoms with Crippen LogP contribution in [0.5, 0.6) is 5.75 Å². The summed E-state index contributed by atoms with van der Waals surface area (Å²) in [6.45, 7) is 3.54. The lowest BCUT2D eigenvalue weighted by molar-refractivity contribution is 0.414. The summed E-state index contributed by atoms with van der Waals surface area (Å²) < 4.78 is 6.98. The van der Waals surface area contributed by atoms with Crippen molar-refractivity contribution in [3.8, 4) is 11.4 Å². The summed E-state index contributed by atoms with van der Waals surface area (Å²) in [4.78, 5) is 4.33. The molecular weight excluding hydrogens is 302 g/mol. The predicted octanol–water partition coefficient (Wildman–Crippen LogP) is 2.87. The van der Waals surface area contributed by atoms with Gasteiger partial charge in [-0.2, -0.15) is 5.10 Å². The van der Waals surface area contributed by atoms with Gasteiger partial charge in [0.1, 0.15) is 5.75 Å². The number of aromatic nitrogens is 2. The summed E-state index contributed by atoms with van der Waals surface area (Å²) in [5, 5.41) is 7.66. The average Bonchev–Trinajstić information content (AvgIpc) is 3.09. The van der Waals surface area contributed by atoms with Gasteiger partial charge in [-0.15, -0.1) is 0 Å². The van der Waals surface area contributed by atoms with Gasteiger partial charge in [0.15, 0.2) is 5.96 Å². The van der Waals surface area contributed by atoms with Crippen LogP contribution >= 0.6 is 0 Å². The SMILES string of the molecule is CCCCCCNC(N)=NCc1ccn(-c2ccc(OC)cc2)n1. The van der Waals surface area contributed by atoms with Gasteiger partial charge in [0.2, 0.25) is 0 Å². The molecule has 3 N–H and O–H groups in total. The van der Waals surface area contributed by atoms with Gasteiger partial charge in [-0.05, 0) is 36.8 Å². The third-order valence-electron chi connectivity index (χ3n) is 3.73. The lowest BCUT2D eigenvalue weighted by atomic mass is 10.2. The number of unbranched alkanes of at least 4 members (excludes halogenated alkanes) is 3. The van der Waals surface area contributed by atoms with Crippen molar-refractivity contribution >= 4 is 5.96 Å². The van der Waals surface area contributed by atoms with Gasteiger partial charge < -0.3 is 15.8 Å². The average molecular weight is 329 g/mol. The Balaban J connectivity index is 1.83. The van der Waals surface area contributed by atoms with E-state index in [0.717, 1.165) is 30.1 Å². The molecule has 0 atom stereocenters. The van der Waals surface area contributed by atoms with Crippen molar-refractivity contribution < 1.29 is 4.74 Å². The summed E-state index contributed by atoms with van der Waals surface area (Å²) >= 11 is 0. The van der Waals surface area contributed by atoms with Crippen LogP contribution < -0.4 is 15.8 Å². The molecule has 1 aromatic carbocycles. The molecule has 0 spiro atoms. The fourth-order valence-electron chi connectivity index (χ4n) is 2.32. The van der Waals surface area contributed by atoms with Crippen molar-refractivity contribution in [3.05, 3.63) is 42.2 Å². The highest BCUT2D eigenvalue weighted by molar-refractivity contribution is 5.77. The molecule has 6 nitrogen and oxygen atoms in total. The predicted molar refractivity (Wildman–Crippen MR) is 97.6 cm³/mol. The monoisotopic (exact) mass is 329 g/mol. The molecule has 0 saturated heterocycles. The topological polar surface area (TPSA) is 77.5 Å². The Kier molecular flexibility index (Phi) is 7.14. The smallest absolute Gasteiger partial charge is 0.188 e. The number of aliphatic imine (C=N–C) groups is 1. The van der Waals surface area contributed by atoms with Gasteiger partial charge in [-0.1, -0.05) is 26.2 Å². The molecule has 24 heavy (non-hydrogen) atoms. The molecule has 0 amide bonds. The van der Waals surface area contributed by atoms with Gasteiger partial charge in [0.05, 0.1) is 25.0 Å². The Hall–Kier alpha value is -2.50.